The number of unbranched alkanes of at least 4 members (excludes halogenated alkanes) is 1. The number of ketones is 3. The molecule has 0 aromatic heterocycles. The molecule has 3 atom stereocenters. The molecule has 1 aliphatic carbocycles. The van der Waals surface area contributed by atoms with E-state index >= 15 is 0 Å². The average molecular weight is 630 g/mol. The number of allylic oxidation sites excluding steroid dienone is 4. The zero-order valence-electron chi connectivity index (χ0n) is 29.6. The van der Waals surface area contributed by atoms with Gasteiger partial charge in [0, 0.05) is 32.7 Å². The maximum atomic E-state index is 12.9. The second-order valence-corrected chi connectivity index (χ2v) is 13.0. The first-order chi connectivity index (χ1) is 22.0. The Bertz CT molecular complexity index is 1350. The SMILES string of the molecule is CCCC/C(=C\C(=O)CC#CC[C@H](c1ccc(C2=CC2)c(OCC)c1)[C@@H](C)[C@@H](C)CCC#CC(=O)CCC(C)=O)CCCN(C)C.[HH]. The van der Waals surface area contributed by atoms with Crippen LogP contribution in [0.4, 0.5) is 0 Å². The summed E-state index contributed by atoms with van der Waals surface area (Å²) >= 11 is 0. The van der Waals surface area contributed by atoms with Crippen LogP contribution in [0.1, 0.15) is 130 Å². The number of hydrogen-bond acceptors (Lipinski definition) is 5. The molecule has 0 saturated carbocycles. The molecule has 0 spiro atoms. The number of ether oxygens (including phenoxy) is 1. The normalized spacial score (nSPS) is 14.3. The Morgan fingerprint density at radius 3 is 2.41 bits per heavy atom. The summed E-state index contributed by atoms with van der Waals surface area (Å²) in [5.74, 6) is 13.9. The molecular weight excluding hydrogens is 570 g/mol. The largest absolute Gasteiger partial charge is 0.493 e. The second-order valence-electron chi connectivity index (χ2n) is 13.0. The highest BCUT2D eigenvalue weighted by atomic mass is 16.5. The van der Waals surface area contributed by atoms with Gasteiger partial charge in [-0.2, -0.15) is 0 Å². The van der Waals surface area contributed by atoms with E-state index in [4.69, 9.17) is 4.74 Å². The summed E-state index contributed by atoms with van der Waals surface area (Å²) < 4.78 is 6.07. The summed E-state index contributed by atoms with van der Waals surface area (Å²) in [6.07, 6.45) is 13.1. The molecule has 252 valence electrons. The zero-order chi connectivity index (χ0) is 33.9. The fourth-order valence-electron chi connectivity index (χ4n) is 5.57. The van der Waals surface area contributed by atoms with Crippen molar-refractivity contribution in [1.82, 2.24) is 4.90 Å². The molecular formula is C41H59NO4. The van der Waals surface area contributed by atoms with Gasteiger partial charge in [-0.25, -0.2) is 0 Å². The fourth-order valence-corrected chi connectivity index (χ4v) is 5.57. The first-order valence-corrected chi connectivity index (χ1v) is 17.4. The first kappa shape index (κ1) is 38.8. The van der Waals surface area contributed by atoms with Crippen molar-refractivity contribution >= 4 is 22.9 Å². The Labute approximate surface area is 281 Å². The number of carbonyl (C=O) groups excluding carboxylic acids is 3. The summed E-state index contributed by atoms with van der Waals surface area (Å²) in [6, 6.07) is 6.57. The zero-order valence-corrected chi connectivity index (χ0v) is 29.6. The lowest BCUT2D eigenvalue weighted by Gasteiger charge is -2.28. The number of benzene rings is 1. The molecule has 0 fully saturated rings. The molecule has 1 aromatic rings. The molecule has 0 unspecified atom stereocenters. The second kappa shape index (κ2) is 21.4. The molecule has 1 aromatic carbocycles. The van der Waals surface area contributed by atoms with Gasteiger partial charge in [0.2, 0.25) is 5.78 Å². The van der Waals surface area contributed by atoms with Gasteiger partial charge in [0.1, 0.15) is 11.5 Å². The quantitative estimate of drug-likeness (QED) is 0.0772. The van der Waals surface area contributed by atoms with E-state index in [1.165, 1.54) is 29.2 Å². The van der Waals surface area contributed by atoms with Gasteiger partial charge in [-0.05, 0) is 120 Å². The van der Waals surface area contributed by atoms with E-state index in [1.807, 2.05) is 13.0 Å². The summed E-state index contributed by atoms with van der Waals surface area (Å²) in [5, 5.41) is 0. The van der Waals surface area contributed by atoms with Gasteiger partial charge >= 0.3 is 0 Å². The highest BCUT2D eigenvalue weighted by Gasteiger charge is 2.25. The van der Waals surface area contributed by atoms with Crippen molar-refractivity contribution in [3.8, 4) is 29.4 Å². The molecule has 0 bridgehead atoms. The first-order valence-electron chi connectivity index (χ1n) is 17.4. The van der Waals surface area contributed by atoms with Crippen LogP contribution in [-0.4, -0.2) is 49.5 Å². The van der Waals surface area contributed by atoms with Crippen LogP contribution in [0.3, 0.4) is 0 Å². The minimum atomic E-state index is -0.172. The third kappa shape index (κ3) is 15.2. The number of hydrogen-bond donors (Lipinski definition) is 0. The highest BCUT2D eigenvalue weighted by molar-refractivity contribution is 5.97. The van der Waals surface area contributed by atoms with E-state index in [0.717, 1.165) is 57.2 Å². The lowest BCUT2D eigenvalue weighted by atomic mass is 9.76. The van der Waals surface area contributed by atoms with Crippen molar-refractivity contribution in [3.05, 3.63) is 47.1 Å². The summed E-state index contributed by atoms with van der Waals surface area (Å²) in [6.45, 7) is 11.8. The van der Waals surface area contributed by atoms with E-state index in [2.05, 4.69) is 87.7 Å². The minimum Gasteiger partial charge on any atom is -0.493 e. The number of rotatable bonds is 21. The summed E-state index contributed by atoms with van der Waals surface area (Å²) in [4.78, 5) is 38.2. The standard InChI is InChI=1S/C41H57NO4.H2/c1-8-10-17-34(18-15-28-42(6)7)29-38(45)20-13-14-21-39(36-25-27-40(35-23-24-35)41(30-36)46-9-2)33(5)31(3)16-11-12-19-37(44)26-22-32(4)43;/h23,25,27,29-31,33,39H,8-11,15-18,20-22,24,26,28H2,1-7H3;1H/b34-29+;/t31-,33-,39-;/m0./s1. The maximum absolute atomic E-state index is 12.9. The molecule has 0 saturated heterocycles. The molecule has 5 heteroatoms. The Kier molecular flexibility index (Phi) is 18.0. The summed E-state index contributed by atoms with van der Waals surface area (Å²) in [5.41, 5.74) is 4.94. The van der Waals surface area contributed by atoms with Gasteiger partial charge in [0.15, 0.2) is 5.78 Å². The van der Waals surface area contributed by atoms with Crippen molar-refractivity contribution in [2.75, 3.05) is 27.2 Å². The Balaban J connectivity index is 0.0000110. The van der Waals surface area contributed by atoms with Crippen molar-refractivity contribution in [1.29, 1.82) is 0 Å². The van der Waals surface area contributed by atoms with Crippen LogP contribution in [0.5, 0.6) is 5.75 Å². The minimum absolute atomic E-state index is 0. The van der Waals surface area contributed by atoms with Gasteiger partial charge < -0.3 is 14.4 Å². The van der Waals surface area contributed by atoms with E-state index in [-0.39, 0.29) is 49.9 Å². The predicted octanol–water partition coefficient (Wildman–Crippen LogP) is 9.01. The van der Waals surface area contributed by atoms with Gasteiger partial charge in [0.05, 0.1) is 13.0 Å². The third-order valence-electron chi connectivity index (χ3n) is 8.71. The monoisotopic (exact) mass is 629 g/mol. The molecule has 0 radical (unpaired) electrons. The number of carbonyl (C=O) groups is 3. The van der Waals surface area contributed by atoms with Crippen LogP contribution in [0.15, 0.2) is 35.9 Å². The molecule has 0 heterocycles. The Morgan fingerprint density at radius 1 is 1.02 bits per heavy atom. The van der Waals surface area contributed by atoms with Crippen LogP contribution in [0.25, 0.3) is 5.57 Å². The van der Waals surface area contributed by atoms with Crippen LogP contribution < -0.4 is 4.74 Å². The smallest absolute Gasteiger partial charge is 0.205 e. The van der Waals surface area contributed by atoms with Crippen LogP contribution in [-0.2, 0) is 14.4 Å². The molecule has 0 N–H and O–H groups in total. The van der Waals surface area contributed by atoms with Gasteiger partial charge in [-0.1, -0.05) is 62.8 Å². The molecule has 1 aliphatic rings. The molecule has 5 nitrogen and oxygen atoms in total. The Morgan fingerprint density at radius 2 is 1.76 bits per heavy atom. The molecule has 2 rings (SSSR count). The molecule has 0 aliphatic heterocycles. The van der Waals surface area contributed by atoms with Crippen molar-refractivity contribution in [2.24, 2.45) is 11.8 Å². The lowest BCUT2D eigenvalue weighted by Crippen LogP contribution is -2.18. The summed E-state index contributed by atoms with van der Waals surface area (Å²) in [7, 11) is 4.16. The number of nitrogens with zero attached hydrogens (tertiary/aromatic N) is 1. The van der Waals surface area contributed by atoms with E-state index < -0.39 is 0 Å². The topological polar surface area (TPSA) is 63.7 Å². The fraction of sp³-hybridized carbons (Fsp3) is 0.585. The van der Waals surface area contributed by atoms with Crippen molar-refractivity contribution in [3.63, 3.8) is 0 Å². The average Bonchev–Trinajstić information content (AvgIpc) is 3.86. The Hall–Kier alpha value is -3.41. The highest BCUT2D eigenvalue weighted by Crippen LogP contribution is 2.41. The van der Waals surface area contributed by atoms with E-state index in [9.17, 15) is 14.4 Å². The number of Topliss-reactive ketones (excluding diaryl/α,β-unsaturated/α-hetero) is 2. The predicted molar refractivity (Wildman–Crippen MR) is 193 cm³/mol. The molecule has 46 heavy (non-hydrogen) atoms. The van der Waals surface area contributed by atoms with Crippen LogP contribution >= 0.6 is 0 Å². The van der Waals surface area contributed by atoms with Gasteiger partial charge in [-0.3, -0.25) is 9.59 Å². The lowest BCUT2D eigenvalue weighted by molar-refractivity contribution is -0.120. The van der Waals surface area contributed by atoms with Crippen molar-refractivity contribution < 1.29 is 20.5 Å². The van der Waals surface area contributed by atoms with Crippen LogP contribution in [0, 0.1) is 35.5 Å². The van der Waals surface area contributed by atoms with Gasteiger partial charge in [0.25, 0.3) is 0 Å². The van der Waals surface area contributed by atoms with Gasteiger partial charge in [-0.15, -0.1) is 5.92 Å². The van der Waals surface area contributed by atoms with Crippen LogP contribution in [0.2, 0.25) is 0 Å². The van der Waals surface area contributed by atoms with E-state index in [1.54, 1.807) is 0 Å². The van der Waals surface area contributed by atoms with Crippen molar-refractivity contribution in [2.45, 2.75) is 118 Å². The maximum Gasteiger partial charge on any atom is 0.205 e. The third-order valence-corrected chi connectivity index (χ3v) is 8.71. The van der Waals surface area contributed by atoms with E-state index in [0.29, 0.717) is 25.4 Å². The molecule has 0 amide bonds.